The van der Waals surface area contributed by atoms with Crippen LogP contribution in [0.25, 0.3) is 0 Å². The molecule has 8 heteroatoms. The summed E-state index contributed by atoms with van der Waals surface area (Å²) in [5.74, 6) is 0. The second-order valence-corrected chi connectivity index (χ2v) is 1.34. The van der Waals surface area contributed by atoms with Crippen LogP contribution in [-0.4, -0.2) is 43.2 Å². The van der Waals surface area contributed by atoms with E-state index in [-0.39, 0.29) is 59.7 Å². The standard InChI is InChI=1S/Ca.Ni.H3O4P.H2O/c;;1-5(2,3)4;/h;;(H3,1,2,3,4);1H2/q2*+2;;/p-4. The van der Waals surface area contributed by atoms with Gasteiger partial charge in [0.25, 0.3) is 0 Å². The SMILES string of the molecule is O=P([O-])([O-])[O-].[Ca+2].[Ni+2].[OH-]. The summed E-state index contributed by atoms with van der Waals surface area (Å²) in [6.45, 7) is 0. The molecule has 0 aromatic rings. The Morgan fingerprint density at radius 2 is 1.12 bits per heavy atom. The van der Waals surface area contributed by atoms with Crippen LogP contribution in [0, 0.1) is 0 Å². The van der Waals surface area contributed by atoms with Gasteiger partial charge in [0.15, 0.2) is 0 Å². The zero-order valence-electron chi connectivity index (χ0n) is 3.55. The molecule has 0 saturated heterocycles. The van der Waals surface area contributed by atoms with Crippen LogP contribution in [0.5, 0.6) is 0 Å². The van der Waals surface area contributed by atoms with E-state index in [4.69, 9.17) is 19.2 Å². The van der Waals surface area contributed by atoms with E-state index in [0.29, 0.717) is 0 Å². The summed E-state index contributed by atoms with van der Waals surface area (Å²) < 4.78 is 8.55. The average molecular weight is 211 g/mol. The molecular weight excluding hydrogens is 210 g/mol. The van der Waals surface area contributed by atoms with Gasteiger partial charge in [0, 0.05) is 0 Å². The minimum absolute atomic E-state index is 0. The molecule has 0 aromatic carbocycles. The third kappa shape index (κ3) is 110. The zero-order chi connectivity index (χ0) is 4.50. The van der Waals surface area contributed by atoms with Gasteiger partial charge in [-0.1, -0.05) is 0 Å². The molecular formula is HCaNiO5P. The van der Waals surface area contributed by atoms with Crippen LogP contribution in [0.3, 0.4) is 0 Å². The summed E-state index contributed by atoms with van der Waals surface area (Å²) in [7, 11) is -5.39. The van der Waals surface area contributed by atoms with Crippen molar-refractivity contribution in [2.24, 2.45) is 0 Å². The van der Waals surface area contributed by atoms with Crippen molar-refractivity contribution in [3.8, 4) is 0 Å². The Morgan fingerprint density at radius 1 is 1.12 bits per heavy atom. The first-order valence-electron chi connectivity index (χ1n) is 0.730. The van der Waals surface area contributed by atoms with Crippen molar-refractivity contribution in [3.63, 3.8) is 0 Å². The van der Waals surface area contributed by atoms with E-state index in [1.807, 2.05) is 0 Å². The molecule has 0 rings (SSSR count). The molecule has 1 N–H and O–H groups in total. The topological polar surface area (TPSA) is 116 Å². The number of hydrogen-bond donors (Lipinski definition) is 0. The number of rotatable bonds is 0. The first-order valence-corrected chi connectivity index (χ1v) is 2.19. The van der Waals surface area contributed by atoms with E-state index in [1.54, 1.807) is 0 Å². The van der Waals surface area contributed by atoms with Crippen LogP contribution >= 0.6 is 7.82 Å². The molecule has 0 bridgehead atoms. The van der Waals surface area contributed by atoms with Gasteiger partial charge in [-0.15, -0.1) is 0 Å². The van der Waals surface area contributed by atoms with Crippen LogP contribution in [0.4, 0.5) is 0 Å². The predicted molar refractivity (Wildman–Crippen MR) is 15.3 cm³/mol. The van der Waals surface area contributed by atoms with Crippen LogP contribution < -0.4 is 14.7 Å². The largest absolute Gasteiger partial charge is 2.00 e. The quantitative estimate of drug-likeness (QED) is 0.306. The summed E-state index contributed by atoms with van der Waals surface area (Å²) in [5.41, 5.74) is 0. The molecule has 0 fully saturated rings. The first-order chi connectivity index (χ1) is 2.00. The smallest absolute Gasteiger partial charge is 0.870 e. The molecule has 0 atom stereocenters. The van der Waals surface area contributed by atoms with Crippen molar-refractivity contribution in [1.29, 1.82) is 0 Å². The van der Waals surface area contributed by atoms with E-state index in [1.165, 1.54) is 0 Å². The van der Waals surface area contributed by atoms with Gasteiger partial charge >= 0.3 is 54.2 Å². The van der Waals surface area contributed by atoms with Crippen molar-refractivity contribution >= 4 is 45.6 Å². The van der Waals surface area contributed by atoms with Crippen LogP contribution in [0.2, 0.25) is 0 Å². The molecule has 0 unspecified atom stereocenters. The second kappa shape index (κ2) is 8.82. The molecule has 8 heavy (non-hydrogen) atoms. The Hall–Kier alpha value is 1.82. The van der Waals surface area contributed by atoms with Crippen molar-refractivity contribution in [1.82, 2.24) is 0 Å². The molecule has 48 valence electrons. The third-order valence-electron chi connectivity index (χ3n) is 0. The minimum atomic E-state index is -5.39. The number of hydrogen-bond acceptors (Lipinski definition) is 5. The monoisotopic (exact) mass is 210 g/mol. The fourth-order valence-electron chi connectivity index (χ4n) is 0. The molecule has 0 radical (unpaired) electrons. The maximum absolute atomic E-state index is 8.55. The van der Waals surface area contributed by atoms with Gasteiger partial charge in [0.05, 0.1) is 0 Å². The van der Waals surface area contributed by atoms with E-state index in [0.717, 1.165) is 0 Å². The molecule has 0 heterocycles. The summed E-state index contributed by atoms with van der Waals surface area (Å²) in [6.07, 6.45) is 0. The molecule has 0 aliphatic rings. The number of phosphoric acid groups is 1. The Balaban J connectivity index is -0.0000000267. The fourth-order valence-corrected chi connectivity index (χ4v) is 0. The summed E-state index contributed by atoms with van der Waals surface area (Å²) in [6, 6.07) is 0. The molecule has 0 aromatic heterocycles. The Labute approximate surface area is 85.9 Å². The van der Waals surface area contributed by atoms with Crippen molar-refractivity contribution in [2.75, 3.05) is 0 Å². The Morgan fingerprint density at radius 3 is 1.12 bits per heavy atom. The molecule has 5 nitrogen and oxygen atoms in total. The van der Waals surface area contributed by atoms with Gasteiger partial charge in [0.1, 0.15) is 0 Å². The summed E-state index contributed by atoms with van der Waals surface area (Å²) in [5, 5.41) is 0. The Kier molecular flexibility index (Phi) is 24.9. The maximum atomic E-state index is 8.55. The maximum Gasteiger partial charge on any atom is 2.00 e. The van der Waals surface area contributed by atoms with E-state index in [2.05, 4.69) is 0 Å². The van der Waals surface area contributed by atoms with Gasteiger partial charge in [-0.2, -0.15) is 7.82 Å². The molecule has 0 saturated carbocycles. The van der Waals surface area contributed by atoms with E-state index >= 15 is 0 Å². The van der Waals surface area contributed by atoms with Crippen molar-refractivity contribution in [2.45, 2.75) is 0 Å². The van der Waals surface area contributed by atoms with Gasteiger partial charge < -0.3 is 24.7 Å². The zero-order valence-corrected chi connectivity index (χ0v) is 7.64. The van der Waals surface area contributed by atoms with Gasteiger partial charge in [-0.05, 0) is 0 Å². The Bertz CT molecular complexity index is 58.6. The average Bonchev–Trinajstić information content (AvgIpc) is 0.722. The fraction of sp³-hybridized carbons (Fsp3) is 0. The summed E-state index contributed by atoms with van der Waals surface area (Å²) >= 11 is 0. The van der Waals surface area contributed by atoms with Gasteiger partial charge in [-0.25, -0.2) is 0 Å². The van der Waals surface area contributed by atoms with Gasteiger partial charge in [0.2, 0.25) is 0 Å². The molecule has 0 aliphatic carbocycles. The van der Waals surface area contributed by atoms with Crippen molar-refractivity contribution < 1.29 is 41.2 Å². The second-order valence-electron chi connectivity index (χ2n) is 0.447. The van der Waals surface area contributed by atoms with Crippen molar-refractivity contribution in [3.05, 3.63) is 0 Å². The van der Waals surface area contributed by atoms with Crippen LogP contribution in [-0.2, 0) is 21.1 Å². The van der Waals surface area contributed by atoms with E-state index in [9.17, 15) is 0 Å². The molecule has 0 aliphatic heterocycles. The first kappa shape index (κ1) is 22.6. The molecule has 0 spiro atoms. The van der Waals surface area contributed by atoms with E-state index < -0.39 is 7.82 Å². The molecule has 0 amide bonds. The minimum Gasteiger partial charge on any atom is -0.870 e. The summed E-state index contributed by atoms with van der Waals surface area (Å²) in [4.78, 5) is 25.6. The predicted octanol–water partition coefficient (Wildman–Crippen LogP) is -3.38. The van der Waals surface area contributed by atoms with Crippen LogP contribution in [0.15, 0.2) is 0 Å². The third-order valence-corrected chi connectivity index (χ3v) is 0. The normalized spacial score (nSPS) is 7.38. The van der Waals surface area contributed by atoms with Crippen LogP contribution in [0.1, 0.15) is 0 Å². The van der Waals surface area contributed by atoms with Gasteiger partial charge in [-0.3, -0.25) is 0 Å².